The molecule has 1 aromatic rings. The molecule has 2 amide bonds. The lowest BCUT2D eigenvalue weighted by molar-refractivity contribution is -0.149. The largest absolute Gasteiger partial charge is 0.456 e. The minimum atomic E-state index is -0.574. The van der Waals surface area contributed by atoms with Crippen LogP contribution in [-0.2, 0) is 23.9 Å². The molecule has 0 radical (unpaired) electrons. The van der Waals surface area contributed by atoms with Crippen LogP contribution in [0.2, 0.25) is 0 Å². The van der Waals surface area contributed by atoms with Crippen LogP contribution in [0, 0.1) is 0 Å². The van der Waals surface area contributed by atoms with E-state index in [1.165, 1.54) is 11.8 Å². The first-order valence-corrected chi connectivity index (χ1v) is 9.44. The molecule has 2 rings (SSSR count). The second-order valence-corrected chi connectivity index (χ2v) is 7.32. The molecular formula is C18H24N2O5S. The average molecular weight is 380 g/mol. The van der Waals surface area contributed by atoms with Crippen LogP contribution in [0.15, 0.2) is 29.2 Å². The van der Waals surface area contributed by atoms with Crippen LogP contribution in [0.4, 0.5) is 5.69 Å². The minimum Gasteiger partial charge on any atom is -0.456 e. The summed E-state index contributed by atoms with van der Waals surface area (Å²) >= 11 is 1.32. The Balaban J connectivity index is 1.66. The molecule has 142 valence electrons. The van der Waals surface area contributed by atoms with Crippen LogP contribution in [0.3, 0.4) is 0 Å². The highest BCUT2D eigenvalue weighted by Crippen LogP contribution is 2.36. The van der Waals surface area contributed by atoms with Crippen molar-refractivity contribution < 1.29 is 23.9 Å². The topological polar surface area (TPSA) is 93.7 Å². The van der Waals surface area contributed by atoms with E-state index in [2.05, 4.69) is 10.6 Å². The standard InChI is InChI=1S/C18H24N2O5S/c1-12(2)24-9-5-8-19-16(21)11-25-17(22)10-15-18(23)20-13-6-3-4-7-14(13)26-15/h3-4,6-7,12,15H,5,8-11H2,1-2H3,(H,19,21)(H,20,23)/t15-/m1/s1. The molecule has 0 saturated carbocycles. The third-order valence-corrected chi connectivity index (χ3v) is 4.79. The Labute approximate surface area is 157 Å². The van der Waals surface area contributed by atoms with E-state index >= 15 is 0 Å². The molecule has 7 nitrogen and oxygen atoms in total. The molecule has 0 aromatic heterocycles. The number of thioether (sulfide) groups is 1. The minimum absolute atomic E-state index is 0.0830. The third kappa shape index (κ3) is 6.68. The number of esters is 1. The molecule has 1 aromatic carbocycles. The van der Waals surface area contributed by atoms with Gasteiger partial charge in [0, 0.05) is 18.0 Å². The smallest absolute Gasteiger partial charge is 0.307 e. The van der Waals surface area contributed by atoms with Gasteiger partial charge >= 0.3 is 5.97 Å². The number of fused-ring (bicyclic) bond motifs is 1. The molecule has 0 fully saturated rings. The fourth-order valence-corrected chi connectivity index (χ4v) is 3.35. The second-order valence-electron chi connectivity index (χ2n) is 6.08. The second kappa shape index (κ2) is 10.2. The first-order valence-electron chi connectivity index (χ1n) is 8.56. The Morgan fingerprint density at radius 1 is 1.31 bits per heavy atom. The zero-order chi connectivity index (χ0) is 18.9. The number of nitrogens with one attached hydrogen (secondary N) is 2. The molecule has 2 N–H and O–H groups in total. The molecule has 0 spiro atoms. The zero-order valence-corrected chi connectivity index (χ0v) is 15.8. The lowest BCUT2D eigenvalue weighted by Crippen LogP contribution is -2.33. The van der Waals surface area contributed by atoms with Gasteiger partial charge in [-0.1, -0.05) is 12.1 Å². The summed E-state index contributed by atoms with van der Waals surface area (Å²) < 4.78 is 10.3. The highest BCUT2D eigenvalue weighted by Gasteiger charge is 2.29. The number of carbonyl (C=O) groups is 3. The van der Waals surface area contributed by atoms with E-state index in [0.717, 1.165) is 10.6 Å². The van der Waals surface area contributed by atoms with Crippen molar-refractivity contribution in [2.75, 3.05) is 25.1 Å². The SMILES string of the molecule is CC(C)OCCCNC(=O)COC(=O)C[C@H]1Sc2ccccc2NC1=O. The summed E-state index contributed by atoms with van der Waals surface area (Å²) in [5.74, 6) is -1.18. The number of hydrogen-bond donors (Lipinski definition) is 2. The molecule has 0 bridgehead atoms. The zero-order valence-electron chi connectivity index (χ0n) is 14.9. The predicted octanol–water partition coefficient (Wildman–Crippen LogP) is 1.96. The summed E-state index contributed by atoms with van der Waals surface area (Å²) in [6, 6.07) is 7.40. The summed E-state index contributed by atoms with van der Waals surface area (Å²) in [6.45, 7) is 4.57. The van der Waals surface area contributed by atoms with Gasteiger partial charge in [0.1, 0.15) is 0 Å². The average Bonchev–Trinajstić information content (AvgIpc) is 2.60. The van der Waals surface area contributed by atoms with E-state index in [9.17, 15) is 14.4 Å². The lowest BCUT2D eigenvalue weighted by atomic mass is 10.2. The van der Waals surface area contributed by atoms with Gasteiger partial charge in [-0.25, -0.2) is 0 Å². The molecule has 0 saturated heterocycles. The van der Waals surface area contributed by atoms with Crippen molar-refractivity contribution in [3.05, 3.63) is 24.3 Å². The van der Waals surface area contributed by atoms with E-state index in [1.807, 2.05) is 38.1 Å². The third-order valence-electron chi connectivity index (χ3n) is 3.52. The maximum absolute atomic E-state index is 12.1. The molecule has 1 heterocycles. The first-order chi connectivity index (χ1) is 12.5. The number of carbonyl (C=O) groups excluding carboxylic acids is 3. The molecule has 0 aliphatic carbocycles. The highest BCUT2D eigenvalue weighted by molar-refractivity contribution is 8.01. The molecule has 1 atom stereocenters. The van der Waals surface area contributed by atoms with E-state index < -0.39 is 11.2 Å². The van der Waals surface area contributed by atoms with Crippen LogP contribution in [0.5, 0.6) is 0 Å². The molecule has 0 unspecified atom stereocenters. The van der Waals surface area contributed by atoms with E-state index in [0.29, 0.717) is 19.6 Å². The summed E-state index contributed by atoms with van der Waals surface area (Å²) in [4.78, 5) is 36.5. The number of anilines is 1. The van der Waals surface area contributed by atoms with Gasteiger partial charge in [-0.2, -0.15) is 0 Å². The van der Waals surface area contributed by atoms with Gasteiger partial charge < -0.3 is 20.1 Å². The van der Waals surface area contributed by atoms with Crippen molar-refractivity contribution in [3.8, 4) is 0 Å². The van der Waals surface area contributed by atoms with Crippen molar-refractivity contribution in [1.29, 1.82) is 0 Å². The van der Waals surface area contributed by atoms with E-state index in [-0.39, 0.29) is 30.9 Å². The number of benzene rings is 1. The van der Waals surface area contributed by atoms with Gasteiger partial charge in [0.25, 0.3) is 5.91 Å². The van der Waals surface area contributed by atoms with Crippen LogP contribution in [-0.4, -0.2) is 48.9 Å². The van der Waals surface area contributed by atoms with Gasteiger partial charge in [-0.05, 0) is 32.4 Å². The predicted molar refractivity (Wildman–Crippen MR) is 99.0 cm³/mol. The Morgan fingerprint density at radius 2 is 2.08 bits per heavy atom. The molecule has 8 heteroatoms. The number of amides is 2. The quantitative estimate of drug-likeness (QED) is 0.502. The summed E-state index contributed by atoms with van der Waals surface area (Å²) in [6.07, 6.45) is 0.768. The molecule has 1 aliphatic heterocycles. The van der Waals surface area contributed by atoms with E-state index in [4.69, 9.17) is 9.47 Å². The van der Waals surface area contributed by atoms with Crippen molar-refractivity contribution in [2.24, 2.45) is 0 Å². The van der Waals surface area contributed by atoms with Crippen molar-refractivity contribution in [1.82, 2.24) is 5.32 Å². The fourth-order valence-electron chi connectivity index (χ4n) is 2.25. The summed E-state index contributed by atoms with van der Waals surface area (Å²) in [5.41, 5.74) is 0.743. The van der Waals surface area contributed by atoms with Crippen LogP contribution >= 0.6 is 11.8 Å². The maximum Gasteiger partial charge on any atom is 0.307 e. The van der Waals surface area contributed by atoms with Crippen molar-refractivity contribution in [3.63, 3.8) is 0 Å². The van der Waals surface area contributed by atoms with Crippen molar-refractivity contribution in [2.45, 2.75) is 42.9 Å². The summed E-state index contributed by atoms with van der Waals surface area (Å²) in [5, 5.41) is 4.86. The maximum atomic E-state index is 12.1. The van der Waals surface area contributed by atoms with Gasteiger partial charge in [-0.15, -0.1) is 11.8 Å². The van der Waals surface area contributed by atoms with Crippen LogP contribution in [0.1, 0.15) is 26.7 Å². The Bertz CT molecular complexity index is 650. The first kappa shape index (κ1) is 20.3. The number of hydrogen-bond acceptors (Lipinski definition) is 6. The van der Waals surface area contributed by atoms with Gasteiger partial charge in [0.2, 0.25) is 5.91 Å². The molecule has 26 heavy (non-hydrogen) atoms. The fraction of sp³-hybridized carbons (Fsp3) is 0.500. The van der Waals surface area contributed by atoms with Gasteiger partial charge in [0.05, 0.1) is 23.5 Å². The highest BCUT2D eigenvalue weighted by atomic mass is 32.2. The van der Waals surface area contributed by atoms with Crippen LogP contribution < -0.4 is 10.6 Å². The lowest BCUT2D eigenvalue weighted by Gasteiger charge is -2.23. The summed E-state index contributed by atoms with van der Waals surface area (Å²) in [7, 11) is 0. The van der Waals surface area contributed by atoms with E-state index in [1.54, 1.807) is 0 Å². The Kier molecular flexibility index (Phi) is 7.93. The Morgan fingerprint density at radius 3 is 2.85 bits per heavy atom. The van der Waals surface area contributed by atoms with Crippen LogP contribution in [0.25, 0.3) is 0 Å². The number of rotatable bonds is 9. The normalized spacial score (nSPS) is 16.0. The van der Waals surface area contributed by atoms with Gasteiger partial charge in [-0.3, -0.25) is 14.4 Å². The Hall–Kier alpha value is -2.06. The molecule has 1 aliphatic rings. The van der Waals surface area contributed by atoms with Gasteiger partial charge in [0.15, 0.2) is 6.61 Å². The number of para-hydroxylation sites is 1. The number of ether oxygens (including phenoxy) is 2. The molecular weight excluding hydrogens is 356 g/mol. The monoisotopic (exact) mass is 380 g/mol. The van der Waals surface area contributed by atoms with Crippen molar-refractivity contribution >= 4 is 35.2 Å².